The van der Waals surface area contributed by atoms with Gasteiger partial charge in [0.1, 0.15) is 0 Å². The van der Waals surface area contributed by atoms with Crippen LogP contribution < -0.4 is 0 Å². The predicted octanol–water partition coefficient (Wildman–Crippen LogP) is 2.82. The van der Waals surface area contributed by atoms with Crippen molar-refractivity contribution < 1.29 is 9.47 Å². The van der Waals surface area contributed by atoms with Gasteiger partial charge in [-0.2, -0.15) is 0 Å². The van der Waals surface area contributed by atoms with Crippen molar-refractivity contribution in [3.63, 3.8) is 0 Å². The molecule has 0 unspecified atom stereocenters. The minimum absolute atomic E-state index is 0.0596. The molecule has 0 spiro atoms. The third-order valence-electron chi connectivity index (χ3n) is 3.44. The summed E-state index contributed by atoms with van der Waals surface area (Å²) >= 11 is 0. The van der Waals surface area contributed by atoms with Crippen molar-refractivity contribution in [3.8, 4) is 0 Å². The predicted molar refractivity (Wildman–Crippen MR) is 53.5 cm³/mol. The fourth-order valence-electron chi connectivity index (χ4n) is 2.57. The molecule has 0 aromatic carbocycles. The normalized spacial score (nSPS) is 20.1. The van der Waals surface area contributed by atoms with Gasteiger partial charge in [-0.1, -0.05) is 26.7 Å². The lowest BCUT2D eigenvalue weighted by Crippen LogP contribution is -2.38. The van der Waals surface area contributed by atoms with Gasteiger partial charge >= 0.3 is 0 Å². The van der Waals surface area contributed by atoms with Gasteiger partial charge in [0, 0.05) is 19.6 Å². The molecule has 1 aliphatic carbocycles. The molecule has 0 amide bonds. The van der Waals surface area contributed by atoms with E-state index in [1.54, 1.807) is 14.2 Å². The van der Waals surface area contributed by atoms with Crippen molar-refractivity contribution in [2.24, 2.45) is 11.3 Å². The van der Waals surface area contributed by atoms with Crippen LogP contribution in [0.2, 0.25) is 0 Å². The summed E-state index contributed by atoms with van der Waals surface area (Å²) in [5, 5.41) is 0. The average molecular weight is 186 g/mol. The van der Waals surface area contributed by atoms with Gasteiger partial charge in [-0.3, -0.25) is 0 Å². The second kappa shape index (κ2) is 4.43. The van der Waals surface area contributed by atoms with E-state index in [2.05, 4.69) is 13.8 Å². The maximum absolute atomic E-state index is 5.35. The second-order valence-electron chi connectivity index (χ2n) is 4.61. The van der Waals surface area contributed by atoms with Gasteiger partial charge in [0.25, 0.3) is 0 Å². The Morgan fingerprint density at radius 1 is 1.08 bits per heavy atom. The van der Waals surface area contributed by atoms with Crippen molar-refractivity contribution in [3.05, 3.63) is 0 Å². The molecular formula is C11H22O2. The molecule has 78 valence electrons. The third-order valence-corrected chi connectivity index (χ3v) is 3.44. The highest BCUT2D eigenvalue weighted by atomic mass is 16.7. The molecule has 0 aromatic heterocycles. The van der Waals surface area contributed by atoms with Crippen molar-refractivity contribution in [2.75, 3.05) is 14.2 Å². The molecule has 13 heavy (non-hydrogen) atoms. The summed E-state index contributed by atoms with van der Waals surface area (Å²) in [7, 11) is 3.45. The molecular weight excluding hydrogens is 164 g/mol. The van der Waals surface area contributed by atoms with Gasteiger partial charge in [0.05, 0.1) is 0 Å². The fraction of sp³-hybridized carbons (Fsp3) is 1.00. The Kier molecular flexibility index (Phi) is 3.74. The van der Waals surface area contributed by atoms with Crippen LogP contribution in [0.5, 0.6) is 0 Å². The zero-order valence-electron chi connectivity index (χ0n) is 9.30. The molecule has 0 saturated heterocycles. The van der Waals surface area contributed by atoms with Crippen LogP contribution in [0.15, 0.2) is 0 Å². The summed E-state index contributed by atoms with van der Waals surface area (Å²) < 4.78 is 10.7. The van der Waals surface area contributed by atoms with Gasteiger partial charge in [0.2, 0.25) is 0 Å². The first-order valence-corrected chi connectivity index (χ1v) is 5.18. The number of hydrogen-bond acceptors (Lipinski definition) is 2. The molecule has 0 N–H and O–H groups in total. The average Bonchev–Trinajstić information content (AvgIpc) is 2.58. The molecule has 0 aromatic rings. The van der Waals surface area contributed by atoms with Crippen molar-refractivity contribution in [2.45, 2.75) is 45.8 Å². The summed E-state index contributed by atoms with van der Waals surface area (Å²) in [5.74, 6) is 0.761. The lowest BCUT2D eigenvalue weighted by atomic mass is 9.77. The van der Waals surface area contributed by atoms with E-state index in [4.69, 9.17) is 9.47 Å². The smallest absolute Gasteiger partial charge is 0.162 e. The quantitative estimate of drug-likeness (QED) is 0.628. The molecule has 0 bridgehead atoms. The van der Waals surface area contributed by atoms with Crippen LogP contribution in [0, 0.1) is 11.3 Å². The second-order valence-corrected chi connectivity index (χ2v) is 4.61. The number of rotatable bonds is 4. The number of hydrogen-bond donors (Lipinski definition) is 0. The molecule has 1 aliphatic rings. The van der Waals surface area contributed by atoms with Crippen molar-refractivity contribution in [1.82, 2.24) is 0 Å². The highest BCUT2D eigenvalue weighted by Gasteiger charge is 2.39. The first kappa shape index (κ1) is 11.0. The van der Waals surface area contributed by atoms with Gasteiger partial charge in [-0.25, -0.2) is 0 Å². The van der Waals surface area contributed by atoms with Gasteiger partial charge in [-0.15, -0.1) is 0 Å². The van der Waals surface area contributed by atoms with Crippen molar-refractivity contribution >= 4 is 0 Å². The highest BCUT2D eigenvalue weighted by molar-refractivity contribution is 4.84. The van der Waals surface area contributed by atoms with E-state index in [1.807, 2.05) is 0 Å². The van der Waals surface area contributed by atoms with Gasteiger partial charge in [-0.05, 0) is 18.8 Å². The van der Waals surface area contributed by atoms with E-state index in [-0.39, 0.29) is 11.7 Å². The molecule has 0 heterocycles. The van der Waals surface area contributed by atoms with Crippen LogP contribution in [-0.4, -0.2) is 20.5 Å². The standard InChI is InChI=1S/C11H22O2/c1-11(2,10(12-3)13-4)9-7-5-6-8-9/h9-10H,5-8H2,1-4H3. The van der Waals surface area contributed by atoms with E-state index in [0.29, 0.717) is 0 Å². The summed E-state index contributed by atoms with van der Waals surface area (Å²) in [4.78, 5) is 0. The highest BCUT2D eigenvalue weighted by Crippen LogP contribution is 2.42. The van der Waals surface area contributed by atoms with Crippen LogP contribution >= 0.6 is 0 Å². The van der Waals surface area contributed by atoms with E-state index >= 15 is 0 Å². The minimum atomic E-state index is -0.0596. The van der Waals surface area contributed by atoms with Gasteiger partial charge < -0.3 is 9.47 Å². The number of methoxy groups -OCH3 is 2. The molecule has 0 aliphatic heterocycles. The van der Waals surface area contributed by atoms with E-state index in [1.165, 1.54) is 25.7 Å². The van der Waals surface area contributed by atoms with Crippen LogP contribution in [-0.2, 0) is 9.47 Å². The van der Waals surface area contributed by atoms with Crippen LogP contribution in [0.1, 0.15) is 39.5 Å². The third kappa shape index (κ3) is 2.23. The number of ether oxygens (including phenoxy) is 2. The minimum Gasteiger partial charge on any atom is -0.355 e. The Balaban J connectivity index is 2.60. The summed E-state index contributed by atoms with van der Waals surface area (Å²) in [6.07, 6.45) is 5.34. The van der Waals surface area contributed by atoms with Crippen LogP contribution in [0.25, 0.3) is 0 Å². The zero-order valence-corrected chi connectivity index (χ0v) is 9.30. The molecule has 1 saturated carbocycles. The molecule has 1 rings (SSSR count). The molecule has 2 heteroatoms. The van der Waals surface area contributed by atoms with E-state index in [9.17, 15) is 0 Å². The topological polar surface area (TPSA) is 18.5 Å². The summed E-state index contributed by atoms with van der Waals surface area (Å²) in [6.45, 7) is 4.50. The monoisotopic (exact) mass is 186 g/mol. The van der Waals surface area contributed by atoms with Crippen molar-refractivity contribution in [1.29, 1.82) is 0 Å². The summed E-state index contributed by atoms with van der Waals surface area (Å²) in [6, 6.07) is 0. The van der Waals surface area contributed by atoms with Crippen LogP contribution in [0.4, 0.5) is 0 Å². The SMILES string of the molecule is COC(OC)C(C)(C)C1CCCC1. The first-order valence-electron chi connectivity index (χ1n) is 5.18. The molecule has 0 atom stereocenters. The first-order chi connectivity index (χ1) is 6.12. The Morgan fingerprint density at radius 2 is 1.54 bits per heavy atom. The molecule has 1 fully saturated rings. The van der Waals surface area contributed by atoms with Crippen LogP contribution in [0.3, 0.4) is 0 Å². The maximum atomic E-state index is 5.35. The Labute approximate surface area is 81.6 Å². The lowest BCUT2D eigenvalue weighted by molar-refractivity contribution is -0.183. The fourth-order valence-corrected chi connectivity index (χ4v) is 2.57. The largest absolute Gasteiger partial charge is 0.355 e. The Hall–Kier alpha value is -0.0800. The summed E-state index contributed by atoms with van der Waals surface area (Å²) in [5.41, 5.74) is 0.153. The van der Waals surface area contributed by atoms with E-state index < -0.39 is 0 Å². The Bertz CT molecular complexity index is 140. The zero-order chi connectivity index (χ0) is 9.90. The van der Waals surface area contributed by atoms with Gasteiger partial charge in [0.15, 0.2) is 6.29 Å². The van der Waals surface area contributed by atoms with E-state index in [0.717, 1.165) is 5.92 Å². The maximum Gasteiger partial charge on any atom is 0.162 e. The lowest BCUT2D eigenvalue weighted by Gasteiger charge is -2.37. The molecule has 0 radical (unpaired) electrons. The Morgan fingerprint density at radius 3 is 1.92 bits per heavy atom. The molecule has 2 nitrogen and oxygen atoms in total.